The first kappa shape index (κ1) is 13.7. The van der Waals surface area contributed by atoms with Crippen molar-refractivity contribution in [2.24, 2.45) is 16.3 Å². The number of nitrogens with two attached hydrogens (primary N) is 1. The Morgan fingerprint density at radius 3 is 2.74 bits per heavy atom. The summed E-state index contributed by atoms with van der Waals surface area (Å²) in [5.41, 5.74) is 9.08. The number of hydrogen-bond acceptors (Lipinski definition) is 3. The van der Waals surface area contributed by atoms with Crippen LogP contribution in [0.25, 0.3) is 0 Å². The molecule has 19 heavy (non-hydrogen) atoms. The number of aryl methyl sites for hydroxylation is 1. The summed E-state index contributed by atoms with van der Waals surface area (Å²) in [5.74, 6) is 0.169. The Hall–Kier alpha value is -1.71. The van der Waals surface area contributed by atoms with Crippen LogP contribution in [0, 0.1) is 12.3 Å². The van der Waals surface area contributed by atoms with E-state index in [0.29, 0.717) is 5.41 Å². The Labute approximate surface area is 114 Å². The molecular formula is C15H23N3O. The van der Waals surface area contributed by atoms with Crippen LogP contribution in [0.5, 0.6) is 0 Å². The van der Waals surface area contributed by atoms with E-state index in [0.717, 1.165) is 24.2 Å². The van der Waals surface area contributed by atoms with Crippen LogP contribution in [0.1, 0.15) is 37.8 Å². The van der Waals surface area contributed by atoms with Crippen LogP contribution in [0.3, 0.4) is 0 Å². The van der Waals surface area contributed by atoms with E-state index in [9.17, 15) is 0 Å². The molecule has 0 spiro atoms. The predicted molar refractivity (Wildman–Crippen MR) is 78.9 cm³/mol. The Morgan fingerprint density at radius 2 is 2.16 bits per heavy atom. The lowest BCUT2D eigenvalue weighted by Crippen LogP contribution is -2.40. The van der Waals surface area contributed by atoms with E-state index in [-0.39, 0.29) is 5.84 Å². The van der Waals surface area contributed by atoms with Crippen molar-refractivity contribution in [3.8, 4) is 0 Å². The maximum atomic E-state index is 8.75. The lowest BCUT2D eigenvalue weighted by molar-refractivity contribution is 0.293. The van der Waals surface area contributed by atoms with Crippen molar-refractivity contribution in [2.75, 3.05) is 18.0 Å². The van der Waals surface area contributed by atoms with Gasteiger partial charge in [-0.25, -0.2) is 0 Å². The molecule has 4 heteroatoms. The molecule has 0 bridgehead atoms. The van der Waals surface area contributed by atoms with Crippen LogP contribution >= 0.6 is 0 Å². The Balaban J connectivity index is 2.25. The zero-order valence-electron chi connectivity index (χ0n) is 12.0. The van der Waals surface area contributed by atoms with Gasteiger partial charge < -0.3 is 15.8 Å². The number of benzene rings is 1. The Kier molecular flexibility index (Phi) is 3.69. The average Bonchev–Trinajstić information content (AvgIpc) is 2.36. The maximum Gasteiger partial charge on any atom is 0.170 e. The Morgan fingerprint density at radius 1 is 1.42 bits per heavy atom. The highest BCUT2D eigenvalue weighted by atomic mass is 16.4. The van der Waals surface area contributed by atoms with E-state index in [1.807, 2.05) is 13.0 Å². The van der Waals surface area contributed by atoms with Gasteiger partial charge in [-0.2, -0.15) is 0 Å². The summed E-state index contributed by atoms with van der Waals surface area (Å²) in [6, 6.07) is 6.11. The summed E-state index contributed by atoms with van der Waals surface area (Å²) in [7, 11) is 0. The van der Waals surface area contributed by atoms with E-state index in [4.69, 9.17) is 10.9 Å². The molecule has 0 amide bonds. The van der Waals surface area contributed by atoms with Gasteiger partial charge in [0.25, 0.3) is 0 Å². The summed E-state index contributed by atoms with van der Waals surface area (Å²) >= 11 is 0. The maximum absolute atomic E-state index is 8.75. The van der Waals surface area contributed by atoms with Crippen LogP contribution in [-0.4, -0.2) is 24.1 Å². The largest absolute Gasteiger partial charge is 0.409 e. The van der Waals surface area contributed by atoms with Gasteiger partial charge in [0.15, 0.2) is 5.84 Å². The zero-order valence-corrected chi connectivity index (χ0v) is 12.0. The molecule has 1 aliphatic rings. The number of nitrogens with zero attached hydrogens (tertiary/aromatic N) is 2. The van der Waals surface area contributed by atoms with Crippen molar-refractivity contribution in [3.63, 3.8) is 0 Å². The third-order valence-electron chi connectivity index (χ3n) is 3.86. The minimum atomic E-state index is 0.169. The first-order chi connectivity index (χ1) is 8.93. The monoisotopic (exact) mass is 261 g/mol. The quantitative estimate of drug-likeness (QED) is 0.372. The normalized spacial score (nSPS) is 19.5. The molecule has 1 heterocycles. The molecule has 4 nitrogen and oxygen atoms in total. The molecule has 0 saturated carbocycles. The van der Waals surface area contributed by atoms with Gasteiger partial charge in [0, 0.05) is 24.3 Å². The first-order valence-corrected chi connectivity index (χ1v) is 6.76. The van der Waals surface area contributed by atoms with E-state index in [1.165, 1.54) is 18.5 Å². The highest BCUT2D eigenvalue weighted by Crippen LogP contribution is 2.32. The Bertz CT molecular complexity index is 494. The topological polar surface area (TPSA) is 61.8 Å². The summed E-state index contributed by atoms with van der Waals surface area (Å²) in [5, 5.41) is 11.8. The molecule has 1 fully saturated rings. The second kappa shape index (κ2) is 5.11. The van der Waals surface area contributed by atoms with Gasteiger partial charge in [0.05, 0.1) is 0 Å². The van der Waals surface area contributed by atoms with Gasteiger partial charge in [-0.1, -0.05) is 19.0 Å². The molecule has 0 radical (unpaired) electrons. The SMILES string of the molecule is Cc1cc(N2CCCC(C)(C)C2)ccc1/C(N)=N/O. The number of rotatable bonds is 2. The van der Waals surface area contributed by atoms with Gasteiger partial charge in [-0.15, -0.1) is 0 Å². The second-order valence-electron chi connectivity index (χ2n) is 6.17. The fourth-order valence-corrected chi connectivity index (χ4v) is 2.83. The van der Waals surface area contributed by atoms with Crippen molar-refractivity contribution >= 4 is 11.5 Å². The summed E-state index contributed by atoms with van der Waals surface area (Å²) in [6.45, 7) is 8.81. The van der Waals surface area contributed by atoms with Crippen molar-refractivity contribution in [1.29, 1.82) is 0 Å². The van der Waals surface area contributed by atoms with Crippen LogP contribution in [0.15, 0.2) is 23.4 Å². The molecule has 0 unspecified atom stereocenters. The molecular weight excluding hydrogens is 238 g/mol. The van der Waals surface area contributed by atoms with E-state index < -0.39 is 0 Å². The zero-order chi connectivity index (χ0) is 14.0. The molecule has 0 aromatic heterocycles. The van der Waals surface area contributed by atoms with Crippen molar-refractivity contribution in [2.45, 2.75) is 33.6 Å². The van der Waals surface area contributed by atoms with Gasteiger partial charge in [0.1, 0.15) is 0 Å². The lowest BCUT2D eigenvalue weighted by Gasteiger charge is -2.39. The number of anilines is 1. The fourth-order valence-electron chi connectivity index (χ4n) is 2.83. The molecule has 1 saturated heterocycles. The predicted octanol–water partition coefficient (Wildman–Crippen LogP) is 2.72. The highest BCUT2D eigenvalue weighted by Gasteiger charge is 2.26. The minimum absolute atomic E-state index is 0.169. The third kappa shape index (κ3) is 3.00. The number of amidine groups is 1. The summed E-state index contributed by atoms with van der Waals surface area (Å²) in [4.78, 5) is 2.42. The molecule has 1 aromatic rings. The molecule has 0 aliphatic carbocycles. The average molecular weight is 261 g/mol. The first-order valence-electron chi connectivity index (χ1n) is 6.76. The van der Waals surface area contributed by atoms with E-state index in [2.05, 4.69) is 36.0 Å². The van der Waals surface area contributed by atoms with Crippen LogP contribution in [0.2, 0.25) is 0 Å². The fraction of sp³-hybridized carbons (Fsp3) is 0.533. The molecule has 2 rings (SSSR count). The standard InChI is InChI=1S/C15H23N3O/c1-11-9-12(5-6-13(11)14(16)17-19)18-8-4-7-15(2,3)10-18/h5-6,9,19H,4,7-8,10H2,1-3H3,(H2,16,17). The van der Waals surface area contributed by atoms with Crippen LogP contribution in [-0.2, 0) is 0 Å². The molecule has 1 aromatic carbocycles. The van der Waals surface area contributed by atoms with Crippen molar-refractivity contribution < 1.29 is 5.21 Å². The van der Waals surface area contributed by atoms with Crippen molar-refractivity contribution in [1.82, 2.24) is 0 Å². The molecule has 104 valence electrons. The molecule has 0 atom stereocenters. The van der Waals surface area contributed by atoms with Crippen molar-refractivity contribution in [3.05, 3.63) is 29.3 Å². The summed E-state index contributed by atoms with van der Waals surface area (Å²) < 4.78 is 0. The van der Waals surface area contributed by atoms with Gasteiger partial charge in [-0.3, -0.25) is 0 Å². The highest BCUT2D eigenvalue weighted by molar-refractivity contribution is 5.98. The summed E-state index contributed by atoms with van der Waals surface area (Å²) in [6.07, 6.45) is 2.51. The number of oxime groups is 1. The van der Waals surface area contributed by atoms with E-state index >= 15 is 0 Å². The minimum Gasteiger partial charge on any atom is -0.409 e. The third-order valence-corrected chi connectivity index (χ3v) is 3.86. The molecule has 1 aliphatic heterocycles. The number of hydrogen-bond donors (Lipinski definition) is 2. The van der Waals surface area contributed by atoms with Gasteiger partial charge >= 0.3 is 0 Å². The van der Waals surface area contributed by atoms with Gasteiger partial charge in [0.2, 0.25) is 0 Å². The van der Waals surface area contributed by atoms with Gasteiger partial charge in [-0.05, 0) is 48.9 Å². The smallest absolute Gasteiger partial charge is 0.170 e. The number of piperidine rings is 1. The second-order valence-corrected chi connectivity index (χ2v) is 6.17. The lowest BCUT2D eigenvalue weighted by atomic mass is 9.84. The van der Waals surface area contributed by atoms with Crippen LogP contribution < -0.4 is 10.6 Å². The van der Waals surface area contributed by atoms with Crippen LogP contribution in [0.4, 0.5) is 5.69 Å². The van der Waals surface area contributed by atoms with E-state index in [1.54, 1.807) is 0 Å². The molecule has 3 N–H and O–H groups in total.